The second-order valence-electron chi connectivity index (χ2n) is 7.24. The summed E-state index contributed by atoms with van der Waals surface area (Å²) in [5.74, 6) is -0.528. The van der Waals surface area contributed by atoms with Crippen LogP contribution in [0.2, 0.25) is 0 Å². The van der Waals surface area contributed by atoms with E-state index < -0.39 is 25.2 Å². The molecular weight excluding hydrogens is 458 g/mol. The highest BCUT2D eigenvalue weighted by Crippen LogP contribution is 2.41. The van der Waals surface area contributed by atoms with E-state index >= 15 is 0 Å². The average molecular weight is 478 g/mol. The van der Waals surface area contributed by atoms with Crippen LogP contribution in [0.3, 0.4) is 0 Å². The van der Waals surface area contributed by atoms with Crippen molar-refractivity contribution in [3.05, 3.63) is 24.3 Å². The zero-order chi connectivity index (χ0) is 18.4. The Morgan fingerprint density at radius 3 is 2.42 bits per heavy atom. The lowest BCUT2D eigenvalue weighted by atomic mass is 9.78. The molecule has 0 bridgehead atoms. The molecule has 2 rings (SSSR count). The quantitative estimate of drug-likeness (QED) is 0.369. The second-order valence-corrected chi connectivity index (χ2v) is 11.7. The maximum Gasteiger partial charge on any atom is 0.573 e. The zero-order valence-corrected chi connectivity index (χ0v) is 16.6. The molecule has 0 saturated carbocycles. The first-order chi connectivity index (χ1) is 10.7. The van der Waals surface area contributed by atoms with Gasteiger partial charge in [-0.15, -0.1) is 13.2 Å². The van der Waals surface area contributed by atoms with Crippen LogP contribution in [-0.4, -0.2) is 49.7 Å². The van der Waals surface area contributed by atoms with E-state index in [4.69, 9.17) is 0 Å². The number of rotatable bonds is 5. The highest BCUT2D eigenvalue weighted by Gasteiger charge is 2.50. The molecule has 0 N–H and O–H groups in total. The van der Waals surface area contributed by atoms with E-state index in [2.05, 4.69) is 18.8 Å². The second kappa shape index (κ2) is 6.31. The molecule has 4 nitrogen and oxygen atoms in total. The van der Waals surface area contributed by atoms with Gasteiger partial charge in [0, 0.05) is 0 Å². The lowest BCUT2D eigenvalue weighted by Crippen LogP contribution is -2.64. The molecule has 9 heteroatoms. The number of benzene rings is 1. The van der Waals surface area contributed by atoms with Crippen LogP contribution in [0.5, 0.6) is 5.75 Å². The Bertz CT molecular complexity index is 711. The van der Waals surface area contributed by atoms with E-state index in [0.29, 0.717) is 6.42 Å². The van der Waals surface area contributed by atoms with Crippen molar-refractivity contribution >= 4 is 32.4 Å². The van der Waals surface area contributed by atoms with Gasteiger partial charge in [-0.2, -0.15) is 0 Å². The summed E-state index contributed by atoms with van der Waals surface area (Å²) in [7, 11) is 0.428. The van der Waals surface area contributed by atoms with Gasteiger partial charge in [-0.25, -0.2) is 8.42 Å². The molecule has 1 aliphatic heterocycles. The summed E-state index contributed by atoms with van der Waals surface area (Å²) < 4.78 is 66.2. The molecule has 24 heavy (non-hydrogen) atoms. The normalized spacial score (nSPS) is 21.0. The van der Waals surface area contributed by atoms with Crippen molar-refractivity contribution in [2.75, 3.05) is 27.2 Å². The predicted octanol–water partition coefficient (Wildman–Crippen LogP) is 3.61. The number of ether oxygens (including phenoxy) is 1. The number of halogens is 4. The van der Waals surface area contributed by atoms with Gasteiger partial charge in [-0.05, 0) is 31.5 Å². The number of nitrogens with zero attached hydrogens (tertiary/aromatic N) is 1. The summed E-state index contributed by atoms with van der Waals surface area (Å²) in [6, 6.07) is 4.56. The Balaban J connectivity index is 2.16. The van der Waals surface area contributed by atoms with Gasteiger partial charge in [-0.3, -0.25) is 0 Å². The summed E-state index contributed by atoms with van der Waals surface area (Å²) in [5.41, 5.74) is -0.0808. The maximum absolute atomic E-state index is 12.7. The number of likely N-dealkylation sites (tertiary alicyclic amines) is 1. The van der Waals surface area contributed by atoms with Gasteiger partial charge in [0.05, 0.1) is 37.5 Å². The summed E-state index contributed by atoms with van der Waals surface area (Å²) in [6.45, 7) is 3.79. The summed E-state index contributed by atoms with van der Waals surface area (Å²) in [5, 5.41) is 0. The van der Waals surface area contributed by atoms with E-state index in [0.717, 1.165) is 29.7 Å². The van der Waals surface area contributed by atoms with Crippen molar-refractivity contribution in [1.82, 2.24) is 0 Å². The van der Waals surface area contributed by atoms with E-state index in [1.165, 1.54) is 12.1 Å². The Morgan fingerprint density at radius 1 is 1.33 bits per heavy atom. The van der Waals surface area contributed by atoms with Crippen LogP contribution in [0.15, 0.2) is 29.2 Å². The summed E-state index contributed by atoms with van der Waals surface area (Å²) in [6.07, 6.45) is -4.39. The van der Waals surface area contributed by atoms with E-state index in [1.54, 1.807) is 0 Å². The van der Waals surface area contributed by atoms with Gasteiger partial charge in [0.15, 0.2) is 9.84 Å². The molecule has 0 radical (unpaired) electrons. The van der Waals surface area contributed by atoms with Crippen molar-refractivity contribution in [2.45, 2.75) is 27.9 Å². The van der Waals surface area contributed by atoms with Crippen LogP contribution in [0.25, 0.3) is 0 Å². The van der Waals surface area contributed by atoms with Gasteiger partial charge in [0.2, 0.25) is 0 Å². The van der Waals surface area contributed by atoms with E-state index in [9.17, 15) is 21.6 Å². The SMILES string of the molecule is CC1(CC(I)S(=O)(=O)c2cccc(OC(F)(F)F)c2)C[N+](C)(C)C1. The van der Waals surface area contributed by atoms with Crippen molar-refractivity contribution in [3.8, 4) is 5.75 Å². The lowest BCUT2D eigenvalue weighted by molar-refractivity contribution is -0.949. The molecule has 1 fully saturated rings. The van der Waals surface area contributed by atoms with Gasteiger partial charge in [0.1, 0.15) is 9.01 Å². The number of hydrogen-bond donors (Lipinski definition) is 0. The van der Waals surface area contributed by atoms with Crippen LogP contribution in [-0.2, 0) is 9.84 Å². The van der Waals surface area contributed by atoms with Gasteiger partial charge < -0.3 is 9.22 Å². The highest BCUT2D eigenvalue weighted by atomic mass is 127. The third kappa shape index (κ3) is 4.75. The number of hydrogen-bond acceptors (Lipinski definition) is 3. The average Bonchev–Trinajstić information content (AvgIpc) is 2.33. The Hall–Kier alpha value is -0.550. The Labute approximate surface area is 153 Å². The van der Waals surface area contributed by atoms with E-state index in [-0.39, 0.29) is 10.3 Å². The molecule has 0 amide bonds. The molecule has 0 aromatic heterocycles. The van der Waals surface area contributed by atoms with Crippen molar-refractivity contribution < 1.29 is 30.8 Å². The highest BCUT2D eigenvalue weighted by molar-refractivity contribution is 14.1. The number of quaternary nitrogens is 1. The van der Waals surface area contributed by atoms with Crippen molar-refractivity contribution in [1.29, 1.82) is 0 Å². The third-order valence-corrected chi connectivity index (χ3v) is 8.18. The molecule has 1 heterocycles. The third-order valence-electron chi connectivity index (χ3n) is 3.98. The molecule has 136 valence electrons. The fraction of sp³-hybridized carbons (Fsp3) is 0.600. The molecule has 1 aromatic rings. The van der Waals surface area contributed by atoms with Gasteiger partial charge in [0.25, 0.3) is 0 Å². The minimum atomic E-state index is -4.85. The lowest BCUT2D eigenvalue weighted by Gasteiger charge is -2.52. The number of sulfone groups is 1. The predicted molar refractivity (Wildman–Crippen MR) is 92.7 cm³/mol. The Morgan fingerprint density at radius 2 is 1.92 bits per heavy atom. The van der Waals surface area contributed by atoms with Crippen LogP contribution in [0.4, 0.5) is 13.2 Å². The van der Waals surface area contributed by atoms with Gasteiger partial charge >= 0.3 is 6.36 Å². The largest absolute Gasteiger partial charge is 0.573 e. The fourth-order valence-corrected chi connectivity index (χ4v) is 7.05. The Kier molecular flexibility index (Phi) is 5.20. The standard InChI is InChI=1S/C15H20F3INO3S/c1-14(9-20(2,3)10-14)8-13(19)24(21,22)12-6-4-5-11(7-12)23-15(16,17)18/h4-7,13H,8-10H2,1-3H3/q+1. The zero-order valence-electron chi connectivity index (χ0n) is 13.6. The van der Waals surface area contributed by atoms with Crippen LogP contribution in [0.1, 0.15) is 13.3 Å². The monoisotopic (exact) mass is 478 g/mol. The van der Waals surface area contributed by atoms with Crippen molar-refractivity contribution in [3.63, 3.8) is 0 Å². The minimum Gasteiger partial charge on any atom is -0.406 e. The fourth-order valence-electron chi connectivity index (χ4n) is 3.64. The molecular formula is C15H20F3INO3S+. The van der Waals surface area contributed by atoms with Crippen LogP contribution in [0, 0.1) is 5.41 Å². The smallest absolute Gasteiger partial charge is 0.406 e. The van der Waals surface area contributed by atoms with Crippen molar-refractivity contribution in [2.24, 2.45) is 5.41 Å². The first kappa shape index (κ1) is 19.8. The van der Waals surface area contributed by atoms with Crippen LogP contribution >= 0.6 is 22.6 Å². The van der Waals surface area contributed by atoms with Crippen LogP contribution < -0.4 is 4.74 Å². The summed E-state index contributed by atoms with van der Waals surface area (Å²) >= 11 is 1.86. The first-order valence-corrected chi connectivity index (χ1v) is 10.1. The molecule has 0 spiro atoms. The number of alkyl halides is 4. The molecule has 1 aliphatic rings. The topological polar surface area (TPSA) is 43.4 Å². The molecule has 1 aromatic carbocycles. The molecule has 1 unspecified atom stereocenters. The van der Waals surface area contributed by atoms with Gasteiger partial charge in [-0.1, -0.05) is 28.7 Å². The summed E-state index contributed by atoms with van der Waals surface area (Å²) in [4.78, 5) is -0.152. The first-order valence-electron chi connectivity index (χ1n) is 7.28. The molecule has 0 aliphatic carbocycles. The van der Waals surface area contributed by atoms with E-state index in [1.807, 2.05) is 29.5 Å². The molecule has 1 atom stereocenters. The molecule has 1 saturated heterocycles. The maximum atomic E-state index is 12.7. The minimum absolute atomic E-state index is 0.0808.